The molecule has 0 bridgehead atoms. The fourth-order valence-corrected chi connectivity index (χ4v) is 6.53. The molecule has 5 unspecified atom stereocenters. The van der Waals surface area contributed by atoms with Gasteiger partial charge in [0.15, 0.2) is 8.32 Å². The molecule has 0 heterocycles. The number of esters is 1. The highest BCUT2D eigenvalue weighted by molar-refractivity contribution is 6.69. The molecule has 2 rings (SSSR count). The van der Waals surface area contributed by atoms with E-state index in [0.29, 0.717) is 29.8 Å². The van der Waals surface area contributed by atoms with E-state index >= 15 is 0 Å². The zero-order valence-electron chi connectivity index (χ0n) is 16.0. The van der Waals surface area contributed by atoms with Crippen LogP contribution in [-0.2, 0) is 14.0 Å². The molecule has 3 nitrogen and oxygen atoms in total. The molecule has 0 aromatic carbocycles. The number of carbonyl (C=O) groups excluding carboxylic acids is 1. The van der Waals surface area contributed by atoms with Crippen molar-refractivity contribution in [3.8, 4) is 0 Å². The first kappa shape index (κ1) is 19.0. The summed E-state index contributed by atoms with van der Waals surface area (Å²) >= 11 is 0. The van der Waals surface area contributed by atoms with Crippen molar-refractivity contribution in [1.29, 1.82) is 0 Å². The van der Waals surface area contributed by atoms with Gasteiger partial charge in [0.1, 0.15) is 0 Å². The molecule has 5 atom stereocenters. The van der Waals surface area contributed by atoms with Crippen molar-refractivity contribution in [2.24, 2.45) is 23.2 Å². The molecule has 4 heteroatoms. The van der Waals surface area contributed by atoms with Crippen LogP contribution in [0.4, 0.5) is 0 Å². The largest absolute Gasteiger partial charge is 0.469 e. The van der Waals surface area contributed by atoms with Gasteiger partial charge in [-0.25, -0.2) is 0 Å². The lowest BCUT2D eigenvalue weighted by atomic mass is 9.61. The first-order chi connectivity index (χ1) is 10.7. The average molecular weight is 341 g/mol. The lowest BCUT2D eigenvalue weighted by molar-refractivity contribution is -0.141. The van der Waals surface area contributed by atoms with Crippen molar-refractivity contribution in [1.82, 2.24) is 0 Å². The standard InChI is InChI=1S/C19H36O3Si/c1-14(9-12-18(20)21-3)15-10-11-16-17(22-23(4,5)6)8-7-13-19(15,16)2/h14-17H,7-13H2,1-6H3. The van der Waals surface area contributed by atoms with Crippen LogP contribution in [0.1, 0.15) is 58.8 Å². The first-order valence-corrected chi connectivity index (χ1v) is 12.8. The number of ether oxygens (including phenoxy) is 1. The van der Waals surface area contributed by atoms with E-state index in [9.17, 15) is 4.79 Å². The van der Waals surface area contributed by atoms with Crippen molar-refractivity contribution in [3.63, 3.8) is 0 Å². The highest BCUT2D eigenvalue weighted by Crippen LogP contribution is 2.59. The predicted octanol–water partition coefficient (Wildman–Crippen LogP) is 5.01. The van der Waals surface area contributed by atoms with E-state index < -0.39 is 8.32 Å². The molecule has 2 fully saturated rings. The molecular weight excluding hydrogens is 304 g/mol. The van der Waals surface area contributed by atoms with Gasteiger partial charge in [-0.05, 0) is 74.9 Å². The summed E-state index contributed by atoms with van der Waals surface area (Å²) in [7, 11) is 0.00262. The lowest BCUT2D eigenvalue weighted by Gasteiger charge is -2.48. The third kappa shape index (κ3) is 4.39. The second kappa shape index (κ2) is 7.26. The number of rotatable bonds is 6. The van der Waals surface area contributed by atoms with Gasteiger partial charge in [-0.2, -0.15) is 0 Å². The molecular formula is C19H36O3Si. The summed E-state index contributed by atoms with van der Waals surface area (Å²) in [5.41, 5.74) is 0.401. The van der Waals surface area contributed by atoms with E-state index in [1.54, 1.807) is 0 Å². The van der Waals surface area contributed by atoms with Gasteiger partial charge in [0.2, 0.25) is 0 Å². The summed E-state index contributed by atoms with van der Waals surface area (Å²) in [5, 5.41) is 0. The van der Waals surface area contributed by atoms with Crippen molar-refractivity contribution in [3.05, 3.63) is 0 Å². The van der Waals surface area contributed by atoms with E-state index in [-0.39, 0.29) is 5.97 Å². The maximum atomic E-state index is 11.5. The Balaban J connectivity index is 2.04. The van der Waals surface area contributed by atoms with Crippen LogP contribution in [-0.4, -0.2) is 27.5 Å². The van der Waals surface area contributed by atoms with Crippen LogP contribution >= 0.6 is 0 Å². The van der Waals surface area contributed by atoms with Crippen molar-refractivity contribution in [2.75, 3.05) is 7.11 Å². The number of hydrogen-bond donors (Lipinski definition) is 0. The second-order valence-corrected chi connectivity index (χ2v) is 13.5. The maximum Gasteiger partial charge on any atom is 0.305 e. The monoisotopic (exact) mass is 340 g/mol. The third-order valence-corrected chi connectivity index (χ3v) is 7.37. The Morgan fingerprint density at radius 1 is 1.26 bits per heavy atom. The molecule has 2 aliphatic carbocycles. The first-order valence-electron chi connectivity index (χ1n) is 9.42. The lowest BCUT2D eigenvalue weighted by Crippen LogP contribution is -2.46. The molecule has 0 aromatic rings. The average Bonchev–Trinajstić information content (AvgIpc) is 2.81. The van der Waals surface area contributed by atoms with Crippen molar-refractivity contribution in [2.45, 2.75) is 84.5 Å². The molecule has 0 N–H and O–H groups in total. The summed E-state index contributed by atoms with van der Waals surface area (Å²) in [6.07, 6.45) is 8.46. The van der Waals surface area contributed by atoms with Gasteiger partial charge in [0.05, 0.1) is 7.11 Å². The number of carbonyl (C=O) groups is 1. The topological polar surface area (TPSA) is 35.5 Å². The van der Waals surface area contributed by atoms with E-state index in [4.69, 9.17) is 9.16 Å². The Kier molecular flexibility index (Phi) is 5.99. The Bertz CT molecular complexity index is 417. The van der Waals surface area contributed by atoms with Crippen LogP contribution in [0.2, 0.25) is 19.6 Å². The van der Waals surface area contributed by atoms with Gasteiger partial charge in [0, 0.05) is 12.5 Å². The van der Waals surface area contributed by atoms with E-state index in [1.807, 2.05) is 0 Å². The Morgan fingerprint density at radius 3 is 2.57 bits per heavy atom. The molecule has 0 radical (unpaired) electrons. The minimum atomic E-state index is -1.48. The van der Waals surface area contributed by atoms with Crippen LogP contribution in [0, 0.1) is 23.2 Å². The van der Waals surface area contributed by atoms with E-state index in [0.717, 1.165) is 12.3 Å². The normalized spacial score (nSPS) is 35.7. The highest BCUT2D eigenvalue weighted by Gasteiger charge is 2.53. The zero-order chi connectivity index (χ0) is 17.3. The number of methoxy groups -OCH3 is 1. The SMILES string of the molecule is COC(=O)CCC(C)C1CCC2C(O[Si](C)(C)C)CCCC12C. The summed E-state index contributed by atoms with van der Waals surface area (Å²) in [5.74, 6) is 1.97. The van der Waals surface area contributed by atoms with Crippen LogP contribution < -0.4 is 0 Å². The molecule has 2 aliphatic rings. The van der Waals surface area contributed by atoms with Crippen molar-refractivity contribution >= 4 is 14.3 Å². The van der Waals surface area contributed by atoms with Gasteiger partial charge in [-0.3, -0.25) is 4.79 Å². The summed E-state index contributed by atoms with van der Waals surface area (Å²) in [4.78, 5) is 11.5. The molecule has 23 heavy (non-hydrogen) atoms. The van der Waals surface area contributed by atoms with Crippen LogP contribution in [0.15, 0.2) is 0 Å². The molecule has 0 aromatic heterocycles. The fraction of sp³-hybridized carbons (Fsp3) is 0.947. The highest BCUT2D eigenvalue weighted by atomic mass is 28.4. The quantitative estimate of drug-likeness (QED) is 0.503. The fourth-order valence-electron chi connectivity index (χ4n) is 5.34. The van der Waals surface area contributed by atoms with E-state index in [1.165, 1.54) is 39.2 Å². The van der Waals surface area contributed by atoms with Gasteiger partial charge in [0.25, 0.3) is 0 Å². The predicted molar refractivity (Wildman–Crippen MR) is 96.8 cm³/mol. The third-order valence-electron chi connectivity index (χ3n) is 6.36. The zero-order valence-corrected chi connectivity index (χ0v) is 17.0. The maximum absolute atomic E-state index is 11.5. The van der Waals surface area contributed by atoms with E-state index in [2.05, 4.69) is 33.5 Å². The number of hydrogen-bond acceptors (Lipinski definition) is 3. The summed E-state index contributed by atoms with van der Waals surface area (Å²) < 4.78 is 11.4. The van der Waals surface area contributed by atoms with Crippen LogP contribution in [0.5, 0.6) is 0 Å². The van der Waals surface area contributed by atoms with Crippen molar-refractivity contribution < 1.29 is 14.0 Å². The summed E-state index contributed by atoms with van der Waals surface area (Å²) in [6.45, 7) is 11.8. The second-order valence-electron chi connectivity index (χ2n) is 9.05. The van der Waals surface area contributed by atoms with Gasteiger partial charge in [-0.1, -0.05) is 20.3 Å². The molecule has 134 valence electrons. The van der Waals surface area contributed by atoms with Gasteiger partial charge >= 0.3 is 5.97 Å². The molecule has 0 saturated heterocycles. The molecule has 0 spiro atoms. The minimum absolute atomic E-state index is 0.0693. The van der Waals surface area contributed by atoms with Gasteiger partial charge in [-0.15, -0.1) is 0 Å². The smallest absolute Gasteiger partial charge is 0.305 e. The van der Waals surface area contributed by atoms with Crippen LogP contribution in [0.3, 0.4) is 0 Å². The summed E-state index contributed by atoms with van der Waals surface area (Å²) in [6, 6.07) is 0. The Morgan fingerprint density at radius 2 is 1.96 bits per heavy atom. The Labute approximate surface area is 143 Å². The molecule has 0 aliphatic heterocycles. The number of fused-ring (bicyclic) bond motifs is 1. The molecule has 2 saturated carbocycles. The molecule has 0 amide bonds. The Hall–Kier alpha value is -0.353. The van der Waals surface area contributed by atoms with Gasteiger partial charge < -0.3 is 9.16 Å². The van der Waals surface area contributed by atoms with Crippen LogP contribution in [0.25, 0.3) is 0 Å². The minimum Gasteiger partial charge on any atom is -0.469 e.